The van der Waals surface area contributed by atoms with Crippen LogP contribution in [0.3, 0.4) is 0 Å². The van der Waals surface area contributed by atoms with Gasteiger partial charge in [0.1, 0.15) is 12.4 Å². The van der Waals surface area contributed by atoms with Crippen molar-refractivity contribution in [2.75, 3.05) is 0 Å². The smallest absolute Gasteiger partial charge is 0.247 e. The average Bonchev–Trinajstić information content (AvgIpc) is 3.62. The number of aromatic amines is 1. The SMILES string of the molecule is CCCCCCCCCCCCCCCCCC(C)[n+]1cc[nH]c1C(CCCCCCCCCC)CCCCCCCCCCCCCCC. The Balaban J connectivity index is 2.32. The predicted molar refractivity (Wildman–Crippen MR) is 226 cm³/mol. The summed E-state index contributed by atoms with van der Waals surface area (Å²) in [6.07, 6.45) is 60.6. The number of rotatable bonds is 41. The fourth-order valence-corrected chi connectivity index (χ4v) is 8.37. The Labute approximate surface area is 316 Å². The Morgan fingerprint density at radius 3 is 0.940 bits per heavy atom. The van der Waals surface area contributed by atoms with Crippen LogP contribution in [0.5, 0.6) is 0 Å². The first-order chi connectivity index (χ1) is 24.7. The van der Waals surface area contributed by atoms with Gasteiger partial charge in [-0.05, 0) is 32.6 Å². The van der Waals surface area contributed by atoms with E-state index in [-0.39, 0.29) is 0 Å². The third-order valence-corrected chi connectivity index (χ3v) is 11.9. The zero-order chi connectivity index (χ0) is 36.0. The number of aromatic nitrogens is 2. The zero-order valence-corrected chi connectivity index (χ0v) is 35.3. The molecular formula is C48H95N2+. The highest BCUT2D eigenvalue weighted by Gasteiger charge is 2.25. The molecule has 0 saturated carbocycles. The van der Waals surface area contributed by atoms with E-state index in [9.17, 15) is 0 Å². The summed E-state index contributed by atoms with van der Waals surface area (Å²) < 4.78 is 2.65. The lowest BCUT2D eigenvalue weighted by atomic mass is 9.92. The van der Waals surface area contributed by atoms with Crippen LogP contribution in [0.25, 0.3) is 0 Å². The number of nitrogens with one attached hydrogen (secondary N) is 1. The normalized spacial score (nSPS) is 13.0. The summed E-state index contributed by atoms with van der Waals surface area (Å²) in [5.41, 5.74) is 0. The third-order valence-electron chi connectivity index (χ3n) is 11.9. The molecule has 0 bridgehead atoms. The molecule has 0 spiro atoms. The zero-order valence-electron chi connectivity index (χ0n) is 35.3. The molecular weight excluding hydrogens is 605 g/mol. The van der Waals surface area contributed by atoms with Gasteiger partial charge in [0.15, 0.2) is 0 Å². The maximum atomic E-state index is 3.78. The van der Waals surface area contributed by atoms with Gasteiger partial charge < -0.3 is 0 Å². The van der Waals surface area contributed by atoms with Crippen molar-refractivity contribution in [3.63, 3.8) is 0 Å². The maximum absolute atomic E-state index is 3.78. The molecule has 0 radical (unpaired) electrons. The molecule has 0 aliphatic heterocycles. The Morgan fingerprint density at radius 1 is 0.380 bits per heavy atom. The molecule has 2 heteroatoms. The molecule has 0 saturated heterocycles. The predicted octanol–water partition coefficient (Wildman–Crippen LogP) is 17.2. The summed E-state index contributed by atoms with van der Waals surface area (Å²) in [5, 5.41) is 0. The van der Waals surface area contributed by atoms with Crippen LogP contribution in [0.2, 0.25) is 0 Å². The molecule has 1 rings (SSSR count). The van der Waals surface area contributed by atoms with Gasteiger partial charge in [0.2, 0.25) is 0 Å². The second kappa shape index (κ2) is 38.0. The number of hydrogen-bond acceptors (Lipinski definition) is 0. The van der Waals surface area contributed by atoms with Gasteiger partial charge in [0.05, 0.1) is 12.0 Å². The van der Waals surface area contributed by atoms with Crippen LogP contribution in [0.1, 0.15) is 296 Å². The number of hydrogen-bond donors (Lipinski definition) is 1. The molecule has 0 aromatic carbocycles. The quantitative estimate of drug-likeness (QED) is 0.0518. The molecule has 1 heterocycles. The van der Waals surface area contributed by atoms with Crippen molar-refractivity contribution in [1.29, 1.82) is 0 Å². The van der Waals surface area contributed by atoms with E-state index in [4.69, 9.17) is 0 Å². The van der Waals surface area contributed by atoms with E-state index in [0.29, 0.717) is 12.0 Å². The Bertz CT molecular complexity index is 768. The summed E-state index contributed by atoms with van der Waals surface area (Å²) in [6, 6.07) is 0.617. The summed E-state index contributed by atoms with van der Waals surface area (Å²) in [6.45, 7) is 9.44. The van der Waals surface area contributed by atoms with Gasteiger partial charge in [0, 0.05) is 0 Å². The van der Waals surface area contributed by atoms with Crippen LogP contribution < -0.4 is 4.57 Å². The molecule has 2 nitrogen and oxygen atoms in total. The van der Waals surface area contributed by atoms with Gasteiger partial charge >= 0.3 is 0 Å². The number of imidazole rings is 1. The van der Waals surface area contributed by atoms with Gasteiger partial charge in [-0.3, -0.25) is 0 Å². The molecule has 1 aromatic rings. The van der Waals surface area contributed by atoms with E-state index in [1.807, 2.05) is 0 Å². The van der Waals surface area contributed by atoms with E-state index in [1.165, 1.54) is 250 Å². The van der Waals surface area contributed by atoms with E-state index in [2.05, 4.69) is 49.6 Å². The molecule has 0 amide bonds. The largest absolute Gasteiger partial charge is 0.257 e. The maximum Gasteiger partial charge on any atom is 0.257 e. The van der Waals surface area contributed by atoms with Crippen LogP contribution in [0, 0.1) is 0 Å². The molecule has 0 aliphatic rings. The molecule has 2 unspecified atom stereocenters. The topological polar surface area (TPSA) is 19.7 Å². The molecule has 1 aromatic heterocycles. The summed E-state index contributed by atoms with van der Waals surface area (Å²) >= 11 is 0. The van der Waals surface area contributed by atoms with Crippen LogP contribution in [-0.4, -0.2) is 4.98 Å². The highest BCUT2D eigenvalue weighted by molar-refractivity contribution is 4.90. The number of nitrogens with zero attached hydrogens (tertiary/aromatic N) is 1. The van der Waals surface area contributed by atoms with E-state index >= 15 is 0 Å². The molecule has 1 N–H and O–H groups in total. The van der Waals surface area contributed by atoms with Crippen molar-refractivity contribution in [2.24, 2.45) is 0 Å². The van der Waals surface area contributed by atoms with Crippen molar-refractivity contribution < 1.29 is 4.57 Å². The van der Waals surface area contributed by atoms with Crippen LogP contribution >= 0.6 is 0 Å². The molecule has 0 aliphatic carbocycles. The number of unbranched alkanes of at least 4 members (excludes halogenated alkanes) is 33. The Kier molecular flexibility index (Phi) is 35.8. The van der Waals surface area contributed by atoms with Crippen LogP contribution in [0.15, 0.2) is 12.4 Å². The minimum Gasteiger partial charge on any atom is -0.247 e. The fourth-order valence-electron chi connectivity index (χ4n) is 8.37. The highest BCUT2D eigenvalue weighted by Crippen LogP contribution is 2.27. The van der Waals surface area contributed by atoms with Crippen molar-refractivity contribution in [1.82, 2.24) is 4.98 Å². The third kappa shape index (κ3) is 28.8. The standard InChI is InChI=1S/C48H94N2/c1-5-8-11-14-17-20-22-24-25-27-28-30-32-35-38-41-46(4)50-45-44-49-48(50)47(42-39-36-33-19-16-13-10-7-3)43-40-37-34-31-29-26-23-21-18-15-12-9-6-2/h44-47H,5-43H2,1-4H3/p+1. The lowest BCUT2D eigenvalue weighted by molar-refractivity contribution is -0.727. The average molecular weight is 700 g/mol. The van der Waals surface area contributed by atoms with Crippen molar-refractivity contribution >= 4 is 0 Å². The van der Waals surface area contributed by atoms with Gasteiger partial charge in [-0.1, -0.05) is 245 Å². The van der Waals surface area contributed by atoms with Gasteiger partial charge in [-0.25, -0.2) is 9.55 Å². The fraction of sp³-hybridized carbons (Fsp3) is 0.938. The van der Waals surface area contributed by atoms with Gasteiger partial charge in [-0.2, -0.15) is 0 Å². The monoisotopic (exact) mass is 700 g/mol. The van der Waals surface area contributed by atoms with E-state index in [1.54, 1.807) is 5.82 Å². The van der Waals surface area contributed by atoms with Crippen LogP contribution in [0.4, 0.5) is 0 Å². The highest BCUT2D eigenvalue weighted by atomic mass is 15.1. The lowest BCUT2D eigenvalue weighted by Crippen LogP contribution is -2.41. The van der Waals surface area contributed by atoms with Gasteiger partial charge in [-0.15, -0.1) is 0 Å². The lowest BCUT2D eigenvalue weighted by Gasteiger charge is -2.17. The minimum atomic E-state index is 0.617. The second-order valence-corrected chi connectivity index (χ2v) is 16.8. The molecule has 0 fully saturated rings. The second-order valence-electron chi connectivity index (χ2n) is 16.8. The first kappa shape index (κ1) is 47.2. The van der Waals surface area contributed by atoms with E-state index in [0.717, 1.165) is 0 Å². The Hall–Kier alpha value is -0.790. The number of H-pyrrole nitrogens is 1. The molecule has 2 atom stereocenters. The van der Waals surface area contributed by atoms with Gasteiger partial charge in [0.25, 0.3) is 5.82 Å². The molecule has 296 valence electrons. The van der Waals surface area contributed by atoms with Crippen molar-refractivity contribution in [2.45, 2.75) is 290 Å². The minimum absolute atomic E-state index is 0.617. The Morgan fingerprint density at radius 2 is 0.640 bits per heavy atom. The first-order valence-electron chi connectivity index (χ1n) is 23.8. The summed E-state index contributed by atoms with van der Waals surface area (Å²) in [5.74, 6) is 2.25. The van der Waals surface area contributed by atoms with Crippen molar-refractivity contribution in [3.8, 4) is 0 Å². The van der Waals surface area contributed by atoms with Crippen LogP contribution in [-0.2, 0) is 0 Å². The summed E-state index contributed by atoms with van der Waals surface area (Å²) in [7, 11) is 0. The van der Waals surface area contributed by atoms with E-state index < -0.39 is 0 Å². The first-order valence-corrected chi connectivity index (χ1v) is 23.8. The summed E-state index contributed by atoms with van der Waals surface area (Å²) in [4.78, 5) is 3.78. The van der Waals surface area contributed by atoms with Crippen molar-refractivity contribution in [3.05, 3.63) is 18.2 Å². The molecule has 50 heavy (non-hydrogen) atoms.